The minimum Gasteiger partial charge on any atom is -0.380 e. The minimum absolute atomic E-state index is 0.181. The Morgan fingerprint density at radius 2 is 1.84 bits per heavy atom. The summed E-state index contributed by atoms with van der Waals surface area (Å²) >= 11 is 0. The van der Waals surface area contributed by atoms with Crippen LogP contribution in [0.1, 0.15) is 30.0 Å². The maximum absolute atomic E-state index is 14.0. The number of halogens is 2. The average molecular weight is 262 g/mol. The number of hydrogen-bond donors (Lipinski definition) is 1. The number of aliphatic hydroxyl groups is 1. The van der Waals surface area contributed by atoms with E-state index in [1.165, 1.54) is 24.3 Å². The molecule has 1 nitrogen and oxygen atoms in total. The van der Waals surface area contributed by atoms with E-state index in [9.17, 15) is 13.9 Å². The summed E-state index contributed by atoms with van der Waals surface area (Å²) in [4.78, 5) is 0. The van der Waals surface area contributed by atoms with Crippen molar-refractivity contribution in [1.82, 2.24) is 0 Å². The largest absolute Gasteiger partial charge is 0.380 e. The highest BCUT2D eigenvalue weighted by Gasteiger charge is 2.32. The van der Waals surface area contributed by atoms with Crippen LogP contribution in [0.5, 0.6) is 0 Å². The monoisotopic (exact) mass is 262 g/mol. The lowest BCUT2D eigenvalue weighted by atomic mass is 9.83. The number of hydrogen-bond acceptors (Lipinski definition) is 1. The summed E-state index contributed by atoms with van der Waals surface area (Å²) in [6.45, 7) is 3.57. The van der Waals surface area contributed by atoms with E-state index in [4.69, 9.17) is 0 Å². The molecule has 1 unspecified atom stereocenters. The van der Waals surface area contributed by atoms with Crippen LogP contribution in [0.2, 0.25) is 0 Å². The van der Waals surface area contributed by atoms with E-state index in [-0.39, 0.29) is 12.0 Å². The second-order valence-electron chi connectivity index (χ2n) is 4.71. The Morgan fingerprint density at radius 3 is 2.47 bits per heavy atom. The molecular formula is C16H16F2O. The molecule has 0 radical (unpaired) electrons. The van der Waals surface area contributed by atoms with Gasteiger partial charge in [0.1, 0.15) is 17.2 Å². The van der Waals surface area contributed by atoms with Gasteiger partial charge >= 0.3 is 0 Å². The topological polar surface area (TPSA) is 20.2 Å². The Kier molecular flexibility index (Phi) is 3.67. The standard InChI is InChI=1S/C16H16F2O/c1-3-16(19,12-5-4-6-13(17)10-12)14-9-11(2)7-8-15(14)18/h4-10,19H,3H2,1-2H3. The molecule has 0 amide bonds. The average Bonchev–Trinajstić information content (AvgIpc) is 2.40. The maximum Gasteiger partial charge on any atom is 0.129 e. The fraction of sp³-hybridized carbons (Fsp3) is 0.250. The van der Waals surface area contributed by atoms with E-state index < -0.39 is 17.2 Å². The minimum atomic E-state index is -1.52. The van der Waals surface area contributed by atoms with Crippen LogP contribution >= 0.6 is 0 Å². The van der Waals surface area contributed by atoms with Crippen LogP contribution < -0.4 is 0 Å². The third-order valence-electron chi connectivity index (χ3n) is 3.38. The molecule has 2 aromatic rings. The molecule has 2 rings (SSSR count). The van der Waals surface area contributed by atoms with Crippen LogP contribution in [0.4, 0.5) is 8.78 Å². The van der Waals surface area contributed by atoms with E-state index in [0.29, 0.717) is 5.56 Å². The molecule has 2 aromatic carbocycles. The van der Waals surface area contributed by atoms with Crippen molar-refractivity contribution >= 4 is 0 Å². The lowest BCUT2D eigenvalue weighted by Gasteiger charge is -2.28. The molecule has 0 fully saturated rings. The lowest BCUT2D eigenvalue weighted by Crippen LogP contribution is -2.28. The molecule has 0 saturated heterocycles. The molecule has 0 spiro atoms. The van der Waals surface area contributed by atoms with Crippen LogP contribution in [-0.2, 0) is 5.60 Å². The summed E-state index contributed by atoms with van der Waals surface area (Å²) in [7, 11) is 0. The summed E-state index contributed by atoms with van der Waals surface area (Å²) in [5.74, 6) is -0.934. The number of aryl methyl sites for hydroxylation is 1. The van der Waals surface area contributed by atoms with Gasteiger partial charge < -0.3 is 5.11 Å². The van der Waals surface area contributed by atoms with Gasteiger partial charge in [0, 0.05) is 5.56 Å². The highest BCUT2D eigenvalue weighted by molar-refractivity contribution is 5.38. The molecule has 100 valence electrons. The van der Waals surface area contributed by atoms with E-state index in [1.54, 1.807) is 25.1 Å². The molecule has 0 saturated carbocycles. The molecule has 0 aliphatic rings. The fourth-order valence-electron chi connectivity index (χ4n) is 2.25. The highest BCUT2D eigenvalue weighted by Crippen LogP contribution is 2.35. The van der Waals surface area contributed by atoms with Gasteiger partial charge in [-0.15, -0.1) is 0 Å². The molecule has 0 heterocycles. The third-order valence-corrected chi connectivity index (χ3v) is 3.38. The summed E-state index contributed by atoms with van der Waals surface area (Å²) in [6.07, 6.45) is 0.261. The first kappa shape index (κ1) is 13.7. The summed E-state index contributed by atoms with van der Waals surface area (Å²) in [5.41, 5.74) is -0.127. The second-order valence-corrected chi connectivity index (χ2v) is 4.71. The first-order valence-electron chi connectivity index (χ1n) is 6.22. The Hall–Kier alpha value is -1.74. The molecule has 0 aliphatic heterocycles. The predicted molar refractivity (Wildman–Crippen MR) is 70.8 cm³/mol. The first-order chi connectivity index (χ1) is 8.97. The molecular weight excluding hydrogens is 246 g/mol. The van der Waals surface area contributed by atoms with Crippen molar-refractivity contribution in [1.29, 1.82) is 0 Å². The van der Waals surface area contributed by atoms with E-state index in [1.807, 2.05) is 6.92 Å². The Labute approximate surface area is 111 Å². The van der Waals surface area contributed by atoms with Crippen LogP contribution in [0.25, 0.3) is 0 Å². The van der Waals surface area contributed by atoms with Crippen LogP contribution in [0, 0.1) is 18.6 Å². The Balaban J connectivity index is 2.62. The highest BCUT2D eigenvalue weighted by atomic mass is 19.1. The van der Waals surface area contributed by atoms with Crippen molar-refractivity contribution in [2.24, 2.45) is 0 Å². The van der Waals surface area contributed by atoms with Crippen LogP contribution in [0.15, 0.2) is 42.5 Å². The maximum atomic E-state index is 14.0. The van der Waals surface area contributed by atoms with Gasteiger partial charge in [-0.2, -0.15) is 0 Å². The van der Waals surface area contributed by atoms with Gasteiger partial charge in [0.15, 0.2) is 0 Å². The van der Waals surface area contributed by atoms with Gasteiger partial charge in [-0.1, -0.05) is 30.7 Å². The molecule has 19 heavy (non-hydrogen) atoms. The molecule has 0 aliphatic carbocycles. The normalized spacial score (nSPS) is 14.2. The zero-order valence-corrected chi connectivity index (χ0v) is 11.0. The second kappa shape index (κ2) is 5.10. The summed E-state index contributed by atoms with van der Waals surface area (Å²) in [5, 5.41) is 10.8. The van der Waals surface area contributed by atoms with Gasteiger partial charge in [0.05, 0.1) is 0 Å². The Morgan fingerprint density at radius 1 is 1.11 bits per heavy atom. The van der Waals surface area contributed by atoms with E-state index >= 15 is 0 Å². The van der Waals surface area contributed by atoms with E-state index in [2.05, 4.69) is 0 Å². The summed E-state index contributed by atoms with van der Waals surface area (Å²) < 4.78 is 27.3. The van der Waals surface area contributed by atoms with Gasteiger partial charge in [-0.3, -0.25) is 0 Å². The Bertz CT molecular complexity index is 595. The van der Waals surface area contributed by atoms with Crippen molar-refractivity contribution in [3.8, 4) is 0 Å². The van der Waals surface area contributed by atoms with Gasteiger partial charge in [-0.05, 0) is 43.2 Å². The van der Waals surface area contributed by atoms with Gasteiger partial charge in [0.25, 0.3) is 0 Å². The van der Waals surface area contributed by atoms with Gasteiger partial charge in [0.2, 0.25) is 0 Å². The van der Waals surface area contributed by atoms with Crippen LogP contribution in [0.3, 0.4) is 0 Å². The quantitative estimate of drug-likeness (QED) is 0.889. The van der Waals surface area contributed by atoms with Crippen molar-refractivity contribution in [3.05, 3.63) is 70.8 Å². The molecule has 3 heteroatoms. The molecule has 0 aromatic heterocycles. The first-order valence-corrected chi connectivity index (χ1v) is 6.22. The fourth-order valence-corrected chi connectivity index (χ4v) is 2.25. The predicted octanol–water partition coefficient (Wildman–Crippen LogP) is 3.92. The zero-order valence-electron chi connectivity index (χ0n) is 11.0. The van der Waals surface area contributed by atoms with Crippen molar-refractivity contribution in [2.75, 3.05) is 0 Å². The lowest BCUT2D eigenvalue weighted by molar-refractivity contribution is 0.0721. The summed E-state index contributed by atoms with van der Waals surface area (Å²) in [6, 6.07) is 10.2. The SMILES string of the molecule is CCC(O)(c1cccc(F)c1)c1cc(C)ccc1F. The van der Waals surface area contributed by atoms with Crippen molar-refractivity contribution in [3.63, 3.8) is 0 Å². The zero-order chi connectivity index (χ0) is 14.0. The number of benzene rings is 2. The van der Waals surface area contributed by atoms with Crippen LogP contribution in [-0.4, -0.2) is 5.11 Å². The van der Waals surface area contributed by atoms with E-state index in [0.717, 1.165) is 5.56 Å². The van der Waals surface area contributed by atoms with Crippen molar-refractivity contribution in [2.45, 2.75) is 25.9 Å². The van der Waals surface area contributed by atoms with Gasteiger partial charge in [-0.25, -0.2) is 8.78 Å². The number of rotatable bonds is 3. The molecule has 0 bridgehead atoms. The third kappa shape index (κ3) is 2.51. The molecule has 1 atom stereocenters. The smallest absolute Gasteiger partial charge is 0.129 e. The van der Waals surface area contributed by atoms with Crippen molar-refractivity contribution < 1.29 is 13.9 Å². The molecule has 1 N–H and O–H groups in total.